The molecule has 0 fully saturated rings. The van der Waals surface area contributed by atoms with Gasteiger partial charge in [-0.3, -0.25) is 4.79 Å². The molecule has 0 saturated carbocycles. The predicted molar refractivity (Wildman–Crippen MR) is 109 cm³/mol. The number of carbonyl (C=O) groups excluding carboxylic acids is 1. The van der Waals surface area contributed by atoms with Crippen molar-refractivity contribution in [3.05, 3.63) is 42.6 Å². The average Bonchev–Trinajstić information content (AvgIpc) is 3.00. The molecule has 1 aromatic heterocycles. The van der Waals surface area contributed by atoms with Crippen LogP contribution < -0.4 is 10.6 Å². The van der Waals surface area contributed by atoms with Crippen LogP contribution in [-0.4, -0.2) is 28.5 Å². The first-order valence-corrected chi connectivity index (χ1v) is 10.0. The van der Waals surface area contributed by atoms with Crippen molar-refractivity contribution in [3.63, 3.8) is 0 Å². The van der Waals surface area contributed by atoms with Crippen molar-refractivity contribution in [1.29, 1.82) is 0 Å². The van der Waals surface area contributed by atoms with E-state index in [0.29, 0.717) is 13.1 Å². The van der Waals surface area contributed by atoms with Gasteiger partial charge in [0.25, 0.3) is 0 Å². The van der Waals surface area contributed by atoms with Crippen LogP contribution in [0.1, 0.15) is 63.8 Å². The topological polar surface area (TPSA) is 58.9 Å². The smallest absolute Gasteiger partial charge is 0.240 e. The summed E-state index contributed by atoms with van der Waals surface area (Å²) < 4.78 is 2.03. The lowest BCUT2D eigenvalue weighted by Crippen LogP contribution is -2.28. The van der Waals surface area contributed by atoms with E-state index >= 15 is 0 Å². The van der Waals surface area contributed by atoms with Gasteiger partial charge in [0, 0.05) is 18.8 Å². The minimum absolute atomic E-state index is 0.0209. The van der Waals surface area contributed by atoms with Crippen LogP contribution in [0.2, 0.25) is 0 Å². The lowest BCUT2D eigenvalue weighted by molar-refractivity contribution is -0.121. The molecule has 0 unspecified atom stereocenters. The molecule has 0 radical (unpaired) electrons. The third kappa shape index (κ3) is 8.88. The van der Waals surface area contributed by atoms with E-state index in [0.717, 1.165) is 25.8 Å². The first kappa shape index (κ1) is 22.0. The number of nitrogens with one attached hydrogen (secondary N) is 2. The fourth-order valence-electron chi connectivity index (χ4n) is 2.84. The Hall–Kier alpha value is -2.04. The number of hydrogen-bond acceptors (Lipinski definition) is 3. The maximum atomic E-state index is 12.2. The number of unbranched alkanes of at least 4 members (excludes halogenated alkanes) is 4. The van der Waals surface area contributed by atoms with E-state index in [4.69, 9.17) is 0 Å². The van der Waals surface area contributed by atoms with Crippen molar-refractivity contribution in [2.75, 3.05) is 13.1 Å². The predicted octanol–water partition coefficient (Wildman–Crippen LogP) is 3.75. The standard InChI is InChI=1S/C21H36N4O/c1-4-7-9-12-19-20(13-10-8-5-2)25(18-24-19)17-21(26)23-16-11-15-22-14-6-3/h6,11,15,18,22H,3-5,7-10,12-14,16-17H2,1-2H3,(H,23,26). The van der Waals surface area contributed by atoms with E-state index in [9.17, 15) is 4.79 Å². The van der Waals surface area contributed by atoms with Crippen molar-refractivity contribution >= 4 is 5.91 Å². The molecule has 0 aliphatic rings. The number of aromatic nitrogens is 2. The Morgan fingerprint density at radius 3 is 2.58 bits per heavy atom. The highest BCUT2D eigenvalue weighted by Gasteiger charge is 2.12. The summed E-state index contributed by atoms with van der Waals surface area (Å²) in [6.45, 7) is 9.65. The van der Waals surface area contributed by atoms with Crippen molar-refractivity contribution in [2.24, 2.45) is 0 Å². The number of aryl methyl sites for hydroxylation is 1. The van der Waals surface area contributed by atoms with Crippen LogP contribution in [0.15, 0.2) is 31.3 Å². The van der Waals surface area contributed by atoms with Crippen LogP contribution in [-0.2, 0) is 24.2 Å². The summed E-state index contributed by atoms with van der Waals surface area (Å²) in [5, 5.41) is 5.98. The van der Waals surface area contributed by atoms with E-state index < -0.39 is 0 Å². The molecule has 26 heavy (non-hydrogen) atoms. The van der Waals surface area contributed by atoms with Gasteiger partial charge in [-0.1, -0.05) is 45.6 Å². The number of hydrogen-bond donors (Lipinski definition) is 2. The molecule has 0 spiro atoms. The summed E-state index contributed by atoms with van der Waals surface area (Å²) in [7, 11) is 0. The van der Waals surface area contributed by atoms with E-state index in [2.05, 4.69) is 36.0 Å². The normalized spacial score (nSPS) is 11.0. The zero-order valence-electron chi connectivity index (χ0n) is 16.6. The minimum atomic E-state index is 0.0209. The lowest BCUT2D eigenvalue weighted by Gasteiger charge is -2.10. The number of nitrogens with zero attached hydrogens (tertiary/aromatic N) is 2. The summed E-state index contributed by atoms with van der Waals surface area (Å²) in [4.78, 5) is 16.8. The molecule has 146 valence electrons. The molecule has 2 N–H and O–H groups in total. The van der Waals surface area contributed by atoms with E-state index in [1.807, 2.05) is 23.2 Å². The van der Waals surface area contributed by atoms with Gasteiger partial charge < -0.3 is 15.2 Å². The molecule has 0 aliphatic heterocycles. The second-order valence-corrected chi connectivity index (χ2v) is 6.58. The maximum Gasteiger partial charge on any atom is 0.240 e. The van der Waals surface area contributed by atoms with Crippen LogP contribution in [0.25, 0.3) is 0 Å². The second kappa shape index (κ2) is 14.2. The van der Waals surface area contributed by atoms with E-state index in [-0.39, 0.29) is 5.91 Å². The third-order valence-corrected chi connectivity index (χ3v) is 4.30. The van der Waals surface area contributed by atoms with Crippen molar-refractivity contribution in [3.8, 4) is 0 Å². The van der Waals surface area contributed by atoms with Gasteiger partial charge in [-0.05, 0) is 38.0 Å². The summed E-state index contributed by atoms with van der Waals surface area (Å²) in [6.07, 6.45) is 16.6. The van der Waals surface area contributed by atoms with Gasteiger partial charge >= 0.3 is 0 Å². The van der Waals surface area contributed by atoms with Gasteiger partial charge in [-0.2, -0.15) is 0 Å². The highest BCUT2D eigenvalue weighted by molar-refractivity contribution is 5.75. The monoisotopic (exact) mass is 360 g/mol. The molecule has 1 rings (SSSR count). The molecule has 0 saturated heterocycles. The quantitative estimate of drug-likeness (QED) is 0.370. The Morgan fingerprint density at radius 1 is 1.15 bits per heavy atom. The number of rotatable bonds is 15. The van der Waals surface area contributed by atoms with Crippen LogP contribution >= 0.6 is 0 Å². The Bertz CT molecular complexity index is 548. The first-order valence-electron chi connectivity index (χ1n) is 10.0. The van der Waals surface area contributed by atoms with Gasteiger partial charge in [-0.25, -0.2) is 4.98 Å². The molecule has 1 amide bonds. The van der Waals surface area contributed by atoms with Crippen LogP contribution in [0.3, 0.4) is 0 Å². The lowest BCUT2D eigenvalue weighted by atomic mass is 10.1. The van der Waals surface area contributed by atoms with Gasteiger partial charge in [0.05, 0.1) is 12.0 Å². The Balaban J connectivity index is 2.57. The fraction of sp³-hybridized carbons (Fsp3) is 0.619. The SMILES string of the molecule is C=CCNC=CCNC(=O)Cn1cnc(CCCCC)c1CCCCC. The summed E-state index contributed by atoms with van der Waals surface area (Å²) in [5.41, 5.74) is 2.42. The molecular weight excluding hydrogens is 324 g/mol. The molecule has 0 aliphatic carbocycles. The first-order chi connectivity index (χ1) is 12.7. The zero-order valence-corrected chi connectivity index (χ0v) is 16.6. The fourth-order valence-corrected chi connectivity index (χ4v) is 2.84. The number of amides is 1. The van der Waals surface area contributed by atoms with E-state index in [1.165, 1.54) is 43.5 Å². The summed E-state index contributed by atoms with van der Waals surface area (Å²) in [6, 6.07) is 0. The Kier molecular flexibility index (Phi) is 12.0. The highest BCUT2D eigenvalue weighted by Crippen LogP contribution is 2.15. The van der Waals surface area contributed by atoms with Crippen molar-refractivity contribution < 1.29 is 4.79 Å². The van der Waals surface area contributed by atoms with Crippen LogP contribution in [0.4, 0.5) is 0 Å². The summed E-state index contributed by atoms with van der Waals surface area (Å²) in [5.74, 6) is 0.0209. The molecule has 0 aromatic carbocycles. The number of carbonyl (C=O) groups is 1. The van der Waals surface area contributed by atoms with Crippen LogP contribution in [0, 0.1) is 0 Å². The average molecular weight is 361 g/mol. The molecule has 5 heteroatoms. The molecule has 5 nitrogen and oxygen atoms in total. The molecule has 1 aromatic rings. The zero-order chi connectivity index (χ0) is 19.0. The number of imidazole rings is 1. The Labute approximate surface area is 159 Å². The maximum absolute atomic E-state index is 12.2. The van der Waals surface area contributed by atoms with Crippen molar-refractivity contribution in [2.45, 2.75) is 71.8 Å². The minimum Gasteiger partial charge on any atom is -0.388 e. The van der Waals surface area contributed by atoms with Gasteiger partial charge in [-0.15, -0.1) is 6.58 Å². The van der Waals surface area contributed by atoms with Crippen LogP contribution in [0.5, 0.6) is 0 Å². The summed E-state index contributed by atoms with van der Waals surface area (Å²) >= 11 is 0. The molecule has 0 atom stereocenters. The highest BCUT2D eigenvalue weighted by atomic mass is 16.1. The third-order valence-electron chi connectivity index (χ3n) is 4.30. The Morgan fingerprint density at radius 2 is 1.88 bits per heavy atom. The van der Waals surface area contributed by atoms with Gasteiger partial charge in [0.2, 0.25) is 5.91 Å². The largest absolute Gasteiger partial charge is 0.388 e. The second-order valence-electron chi connectivity index (χ2n) is 6.58. The molecule has 1 heterocycles. The van der Waals surface area contributed by atoms with E-state index in [1.54, 1.807) is 6.08 Å². The molecular formula is C21H36N4O. The van der Waals surface area contributed by atoms with Crippen molar-refractivity contribution in [1.82, 2.24) is 20.2 Å². The molecule has 0 bridgehead atoms. The van der Waals surface area contributed by atoms with Gasteiger partial charge in [0.1, 0.15) is 6.54 Å². The van der Waals surface area contributed by atoms with Gasteiger partial charge in [0.15, 0.2) is 0 Å².